The first-order chi connectivity index (χ1) is 17.4. The molecule has 9 nitrogen and oxygen atoms in total. The maximum Gasteiger partial charge on any atom is 0.213 e. The van der Waals surface area contributed by atoms with Crippen LogP contribution >= 0.6 is 13.5 Å². The zero-order chi connectivity index (χ0) is 25.1. The van der Waals surface area contributed by atoms with E-state index in [2.05, 4.69) is 20.6 Å². The summed E-state index contributed by atoms with van der Waals surface area (Å²) in [7, 11) is -3.21. The Labute approximate surface area is 223 Å². The molecule has 12 heteroatoms. The van der Waals surface area contributed by atoms with Crippen LogP contribution in [0.2, 0.25) is 0 Å². The minimum atomic E-state index is -3.21. The fourth-order valence-corrected chi connectivity index (χ4v) is 5.98. The molecule has 0 spiro atoms. The Morgan fingerprint density at radius 2 is 1.97 bits per heavy atom. The van der Waals surface area contributed by atoms with E-state index in [4.69, 9.17) is 9.72 Å². The van der Waals surface area contributed by atoms with E-state index in [1.807, 2.05) is 12.1 Å². The first-order valence-electron chi connectivity index (χ1n) is 12.4. The van der Waals surface area contributed by atoms with Crippen LogP contribution in [0.1, 0.15) is 31.2 Å². The highest BCUT2D eigenvalue weighted by molar-refractivity contribution is 7.89. The first kappa shape index (κ1) is 27.6. The molecule has 5 rings (SSSR count). The summed E-state index contributed by atoms with van der Waals surface area (Å²) < 4.78 is 46.9. The topological polar surface area (TPSA) is 109 Å². The van der Waals surface area contributed by atoms with Gasteiger partial charge in [0.25, 0.3) is 0 Å². The van der Waals surface area contributed by atoms with Gasteiger partial charge in [0.1, 0.15) is 11.3 Å². The summed E-state index contributed by atoms with van der Waals surface area (Å²) in [4.78, 5) is 13.6. The highest BCUT2D eigenvalue weighted by Gasteiger charge is 2.28. The van der Waals surface area contributed by atoms with Crippen LogP contribution < -0.4 is 10.6 Å². The summed E-state index contributed by atoms with van der Waals surface area (Å²) in [5.41, 5.74) is 3.18. The van der Waals surface area contributed by atoms with Crippen LogP contribution in [0.25, 0.3) is 22.3 Å². The number of nitrogens with one attached hydrogen (secondary N) is 2. The monoisotopic (exact) mass is 548 g/mol. The summed E-state index contributed by atoms with van der Waals surface area (Å²) in [6.45, 7) is 5.32. The number of nitrogens with zero attached hydrogens (tertiary/aromatic N) is 4. The van der Waals surface area contributed by atoms with Gasteiger partial charge in [-0.05, 0) is 43.4 Å². The van der Waals surface area contributed by atoms with E-state index >= 15 is 4.39 Å². The maximum absolute atomic E-state index is 15.3. The van der Waals surface area contributed by atoms with Crippen molar-refractivity contribution >= 4 is 40.4 Å². The molecule has 2 aliphatic heterocycles. The van der Waals surface area contributed by atoms with Crippen molar-refractivity contribution in [3.63, 3.8) is 0 Å². The van der Waals surface area contributed by atoms with Gasteiger partial charge in [-0.1, -0.05) is 12.1 Å². The molecule has 2 N–H and O–H groups in total. The number of ether oxygens (including phenoxy) is 1. The van der Waals surface area contributed by atoms with Crippen LogP contribution in [0.15, 0.2) is 36.7 Å². The third-order valence-electron chi connectivity index (χ3n) is 6.91. The summed E-state index contributed by atoms with van der Waals surface area (Å²) in [6, 6.07) is 6.99. The molecular weight excluding hydrogens is 515 g/mol. The van der Waals surface area contributed by atoms with Gasteiger partial charge in [0.15, 0.2) is 5.82 Å². The minimum Gasteiger partial charge on any atom is -0.374 e. The maximum atomic E-state index is 15.3. The lowest BCUT2D eigenvalue weighted by Gasteiger charge is -2.31. The molecule has 0 amide bonds. The van der Waals surface area contributed by atoms with Gasteiger partial charge in [0, 0.05) is 50.7 Å². The molecule has 0 radical (unpaired) electrons. The first-order valence-corrected chi connectivity index (χ1v) is 14.0. The van der Waals surface area contributed by atoms with Gasteiger partial charge in [-0.25, -0.2) is 27.1 Å². The minimum absolute atomic E-state index is 0. The Bertz CT molecular complexity index is 1330. The molecule has 1 aromatic carbocycles. The Balaban J connectivity index is 0.00000320. The van der Waals surface area contributed by atoms with Crippen molar-refractivity contribution < 1.29 is 17.5 Å². The van der Waals surface area contributed by atoms with Crippen LogP contribution in [0.4, 0.5) is 10.2 Å². The Hall–Kier alpha value is -2.38. The van der Waals surface area contributed by atoms with Crippen LogP contribution in [0.3, 0.4) is 0 Å². The molecule has 2 fully saturated rings. The van der Waals surface area contributed by atoms with Crippen molar-refractivity contribution in [1.82, 2.24) is 24.6 Å². The predicted molar refractivity (Wildman–Crippen MR) is 147 cm³/mol. The van der Waals surface area contributed by atoms with Crippen molar-refractivity contribution in [3.05, 3.63) is 48.0 Å². The van der Waals surface area contributed by atoms with E-state index in [1.165, 1.54) is 10.4 Å². The van der Waals surface area contributed by atoms with Crippen molar-refractivity contribution in [3.8, 4) is 11.3 Å². The molecular formula is C25H33FN6O3S2. The second-order valence-corrected chi connectivity index (χ2v) is 11.4. The standard InChI is InChI=1S/C25H31FN6O3S.H2S/c1-2-36(33,34)32-10-5-17(6-11-32)20-4-3-18(13-21(20)26)22-14-23-24(29-8-7-28-23)25(31-22)30-16-19-15-27-9-12-35-19;/h3-4,7-8,13-14,17,19,27H,2,5-6,9-12,15-16H2,1H3,(H,30,31);1H2/t19-;/m0./s1. The van der Waals surface area contributed by atoms with Crippen LogP contribution in [-0.2, 0) is 14.8 Å². The normalized spacial score (nSPS) is 19.5. The lowest BCUT2D eigenvalue weighted by molar-refractivity contribution is 0.0372. The van der Waals surface area contributed by atoms with E-state index < -0.39 is 10.0 Å². The number of piperidine rings is 1. The van der Waals surface area contributed by atoms with Gasteiger partial charge in [-0.2, -0.15) is 13.5 Å². The molecule has 2 aromatic heterocycles. The lowest BCUT2D eigenvalue weighted by atomic mass is 9.89. The number of hydrogen-bond donors (Lipinski definition) is 2. The second kappa shape index (κ2) is 12.0. The fourth-order valence-electron chi connectivity index (χ4n) is 4.85. The lowest BCUT2D eigenvalue weighted by Crippen LogP contribution is -2.42. The summed E-state index contributed by atoms with van der Waals surface area (Å²) in [6.07, 6.45) is 4.47. The predicted octanol–water partition coefficient (Wildman–Crippen LogP) is 2.87. The smallest absolute Gasteiger partial charge is 0.213 e. The molecule has 4 heterocycles. The quantitative estimate of drug-likeness (QED) is 0.464. The summed E-state index contributed by atoms with van der Waals surface area (Å²) >= 11 is 0. The van der Waals surface area contributed by atoms with Crippen LogP contribution in [0.5, 0.6) is 0 Å². The van der Waals surface area contributed by atoms with Gasteiger partial charge in [-0.3, -0.25) is 4.98 Å². The molecule has 200 valence electrons. The molecule has 1 atom stereocenters. The van der Waals surface area contributed by atoms with E-state index in [0.29, 0.717) is 72.8 Å². The molecule has 0 aliphatic carbocycles. The number of morpholine rings is 1. The van der Waals surface area contributed by atoms with Gasteiger partial charge in [-0.15, -0.1) is 0 Å². The van der Waals surface area contributed by atoms with Crippen molar-refractivity contribution in [2.24, 2.45) is 0 Å². The number of anilines is 1. The number of fused-ring (bicyclic) bond motifs is 1. The second-order valence-electron chi connectivity index (χ2n) is 9.17. The fraction of sp³-hybridized carbons (Fsp3) is 0.480. The zero-order valence-corrected chi connectivity index (χ0v) is 22.6. The number of sulfonamides is 1. The van der Waals surface area contributed by atoms with Crippen molar-refractivity contribution in [1.29, 1.82) is 0 Å². The van der Waals surface area contributed by atoms with Crippen molar-refractivity contribution in [2.75, 3.05) is 50.4 Å². The van der Waals surface area contributed by atoms with Gasteiger partial charge in [0.2, 0.25) is 10.0 Å². The van der Waals surface area contributed by atoms with Gasteiger partial charge >= 0.3 is 0 Å². The number of hydrogen-bond acceptors (Lipinski definition) is 8. The molecule has 0 bridgehead atoms. The molecule has 2 saturated heterocycles. The van der Waals surface area contributed by atoms with Crippen molar-refractivity contribution in [2.45, 2.75) is 31.8 Å². The molecule has 37 heavy (non-hydrogen) atoms. The average Bonchev–Trinajstić information content (AvgIpc) is 2.92. The molecule has 2 aliphatic rings. The largest absolute Gasteiger partial charge is 0.374 e. The highest BCUT2D eigenvalue weighted by atomic mass is 32.2. The van der Waals surface area contributed by atoms with Gasteiger partial charge < -0.3 is 15.4 Å². The average molecular weight is 549 g/mol. The summed E-state index contributed by atoms with van der Waals surface area (Å²) in [5, 5.41) is 6.65. The molecule has 3 aromatic rings. The van der Waals surface area contributed by atoms with Gasteiger partial charge in [0.05, 0.1) is 29.7 Å². The Kier molecular flexibility index (Phi) is 8.96. The number of benzene rings is 1. The summed E-state index contributed by atoms with van der Waals surface area (Å²) in [5.74, 6) is 0.352. The Morgan fingerprint density at radius 3 is 2.68 bits per heavy atom. The number of aromatic nitrogens is 3. The molecule has 0 saturated carbocycles. The third-order valence-corrected chi connectivity index (χ3v) is 8.79. The SMILES string of the molecule is CCS(=O)(=O)N1CCC(c2ccc(-c3cc4nccnc4c(NC[C@@H]4CNCCO4)n3)cc2F)CC1.S. The van der Waals surface area contributed by atoms with Crippen LogP contribution in [0, 0.1) is 5.82 Å². The third kappa shape index (κ3) is 6.20. The zero-order valence-electron chi connectivity index (χ0n) is 20.8. The van der Waals surface area contributed by atoms with E-state index in [0.717, 1.165) is 13.1 Å². The number of pyridine rings is 1. The number of halogens is 1. The van der Waals surface area contributed by atoms with E-state index in [-0.39, 0.29) is 37.1 Å². The molecule has 0 unspecified atom stereocenters. The van der Waals surface area contributed by atoms with E-state index in [1.54, 1.807) is 25.4 Å². The van der Waals surface area contributed by atoms with E-state index in [9.17, 15) is 8.42 Å². The van der Waals surface area contributed by atoms with Crippen LogP contribution in [-0.4, -0.2) is 78.9 Å². The number of rotatable bonds is 7. The Morgan fingerprint density at radius 1 is 1.19 bits per heavy atom. The highest BCUT2D eigenvalue weighted by Crippen LogP contribution is 2.33.